The first-order valence-electron chi connectivity index (χ1n) is 9.31. The van der Waals surface area contributed by atoms with Crippen LogP contribution in [0.15, 0.2) is 48.5 Å². The molecule has 2 aromatic rings. The molecule has 0 saturated carbocycles. The zero-order chi connectivity index (χ0) is 19.9. The molecule has 0 heterocycles. The number of nitrogens with one attached hydrogen (secondary N) is 1. The van der Waals surface area contributed by atoms with Crippen LogP contribution >= 0.6 is 0 Å². The molecule has 1 N–H and O–H groups in total. The van der Waals surface area contributed by atoms with Crippen molar-refractivity contribution in [3.05, 3.63) is 65.2 Å². The van der Waals surface area contributed by atoms with Crippen LogP contribution in [0, 0.1) is 6.92 Å². The molecule has 2 rings (SSSR count). The van der Waals surface area contributed by atoms with E-state index in [1.807, 2.05) is 0 Å². The summed E-state index contributed by atoms with van der Waals surface area (Å²) in [4.78, 5) is 12.3. The zero-order valence-corrected chi connectivity index (χ0v) is 17.1. The number of rotatable bonds is 9. The largest absolute Gasteiger partial charge is 0.352 e. The maximum atomic E-state index is 12.3. The molecule has 27 heavy (non-hydrogen) atoms. The molecule has 0 saturated heterocycles. The predicted octanol–water partition coefficient (Wildman–Crippen LogP) is 3.53. The van der Waals surface area contributed by atoms with Crippen molar-refractivity contribution in [3.8, 4) is 0 Å². The monoisotopic (exact) mass is 388 g/mol. The number of amides is 1. The van der Waals surface area contributed by atoms with Gasteiger partial charge in [-0.3, -0.25) is 9.10 Å². The molecule has 1 amide bonds. The summed E-state index contributed by atoms with van der Waals surface area (Å²) in [7, 11) is -3.31. The Kier molecular flexibility index (Phi) is 7.42. The van der Waals surface area contributed by atoms with E-state index < -0.39 is 10.0 Å². The molecule has 0 bridgehead atoms. The van der Waals surface area contributed by atoms with Crippen molar-refractivity contribution in [2.24, 2.45) is 0 Å². The summed E-state index contributed by atoms with van der Waals surface area (Å²) in [6, 6.07) is 15.1. The predicted molar refractivity (Wildman–Crippen MR) is 111 cm³/mol. The molecule has 0 fully saturated rings. The summed E-state index contributed by atoms with van der Waals surface area (Å²) in [6.45, 7) is 6.44. The summed E-state index contributed by atoms with van der Waals surface area (Å²) >= 11 is 0. The molecule has 0 atom stereocenters. The Labute approximate surface area is 162 Å². The molecule has 5 nitrogen and oxygen atoms in total. The lowest BCUT2D eigenvalue weighted by Crippen LogP contribution is -2.32. The van der Waals surface area contributed by atoms with Crippen molar-refractivity contribution in [3.63, 3.8) is 0 Å². The van der Waals surface area contributed by atoms with Gasteiger partial charge in [0.1, 0.15) is 0 Å². The third-order valence-corrected chi connectivity index (χ3v) is 6.32. The van der Waals surface area contributed by atoms with Crippen molar-refractivity contribution in [2.75, 3.05) is 23.1 Å². The minimum absolute atomic E-state index is 0.0457. The standard InChI is InChI=1S/C21H28N2O3S/c1-4-23(27(25,26)5-2)20-14-12-19(13-15-20)21(24)22-16-6-7-18-10-8-17(3)9-11-18/h8-15H,4-7,16H2,1-3H3,(H,22,24). The molecule has 0 unspecified atom stereocenters. The Hall–Kier alpha value is -2.34. The van der Waals surface area contributed by atoms with Gasteiger partial charge in [0.15, 0.2) is 0 Å². The van der Waals surface area contributed by atoms with Crippen molar-refractivity contribution >= 4 is 21.6 Å². The second-order valence-corrected chi connectivity index (χ2v) is 8.64. The van der Waals surface area contributed by atoms with Crippen LogP contribution in [0.1, 0.15) is 41.8 Å². The molecule has 0 aliphatic carbocycles. The minimum atomic E-state index is -3.31. The number of benzene rings is 2. The maximum absolute atomic E-state index is 12.3. The van der Waals surface area contributed by atoms with Crippen LogP contribution in [0.5, 0.6) is 0 Å². The highest BCUT2D eigenvalue weighted by molar-refractivity contribution is 7.92. The third-order valence-electron chi connectivity index (χ3n) is 4.45. The highest BCUT2D eigenvalue weighted by Crippen LogP contribution is 2.19. The third kappa shape index (κ3) is 5.82. The van der Waals surface area contributed by atoms with Crippen LogP contribution in [0.4, 0.5) is 5.69 Å². The fourth-order valence-electron chi connectivity index (χ4n) is 2.83. The highest BCUT2D eigenvalue weighted by Gasteiger charge is 2.18. The van der Waals surface area contributed by atoms with Gasteiger partial charge in [-0.25, -0.2) is 8.42 Å². The Balaban J connectivity index is 1.88. The van der Waals surface area contributed by atoms with Crippen LogP contribution in [0.25, 0.3) is 0 Å². The van der Waals surface area contributed by atoms with Crippen molar-refractivity contribution < 1.29 is 13.2 Å². The lowest BCUT2D eigenvalue weighted by molar-refractivity contribution is 0.0953. The summed E-state index contributed by atoms with van der Waals surface area (Å²) in [5.74, 6) is -0.101. The number of anilines is 1. The van der Waals surface area contributed by atoms with E-state index in [-0.39, 0.29) is 11.7 Å². The zero-order valence-electron chi connectivity index (χ0n) is 16.2. The average Bonchev–Trinajstić information content (AvgIpc) is 2.67. The van der Waals surface area contributed by atoms with E-state index in [9.17, 15) is 13.2 Å². The summed E-state index contributed by atoms with van der Waals surface area (Å²) in [5.41, 5.74) is 3.61. The number of hydrogen-bond donors (Lipinski definition) is 1. The van der Waals surface area contributed by atoms with Gasteiger partial charge in [-0.15, -0.1) is 0 Å². The van der Waals surface area contributed by atoms with Crippen molar-refractivity contribution in [2.45, 2.75) is 33.6 Å². The average molecular weight is 389 g/mol. The van der Waals surface area contributed by atoms with Gasteiger partial charge in [0.2, 0.25) is 10.0 Å². The van der Waals surface area contributed by atoms with E-state index in [0.717, 1.165) is 12.8 Å². The van der Waals surface area contributed by atoms with Gasteiger partial charge >= 0.3 is 0 Å². The quantitative estimate of drug-likeness (QED) is 0.668. The smallest absolute Gasteiger partial charge is 0.251 e. The SMILES string of the molecule is CCN(c1ccc(C(=O)NCCCc2ccc(C)cc2)cc1)S(=O)(=O)CC. The topological polar surface area (TPSA) is 66.5 Å². The fourth-order valence-corrected chi connectivity index (χ4v) is 3.97. The van der Waals surface area contributed by atoms with Crippen LogP contribution in [0.3, 0.4) is 0 Å². The molecule has 2 aromatic carbocycles. The second-order valence-electron chi connectivity index (χ2n) is 6.46. The van der Waals surface area contributed by atoms with Crippen LogP contribution in [-0.2, 0) is 16.4 Å². The van der Waals surface area contributed by atoms with E-state index in [1.54, 1.807) is 38.1 Å². The number of carbonyl (C=O) groups excluding carboxylic acids is 1. The Bertz CT molecular complexity index is 844. The molecule has 0 aliphatic heterocycles. The van der Waals surface area contributed by atoms with Gasteiger partial charge in [0.05, 0.1) is 11.4 Å². The number of sulfonamides is 1. The molecule has 0 radical (unpaired) electrons. The normalized spacial score (nSPS) is 11.2. The Morgan fingerprint density at radius 2 is 1.63 bits per heavy atom. The Morgan fingerprint density at radius 3 is 2.19 bits per heavy atom. The first-order chi connectivity index (χ1) is 12.9. The number of nitrogens with zero attached hydrogens (tertiary/aromatic N) is 1. The van der Waals surface area contributed by atoms with Crippen LogP contribution in [-0.4, -0.2) is 33.2 Å². The van der Waals surface area contributed by atoms with Crippen molar-refractivity contribution in [1.29, 1.82) is 0 Å². The number of carbonyl (C=O) groups is 1. The van der Waals surface area contributed by atoms with Crippen LogP contribution in [0.2, 0.25) is 0 Å². The summed E-state index contributed by atoms with van der Waals surface area (Å²) in [6.07, 6.45) is 1.78. The van der Waals surface area contributed by atoms with Crippen molar-refractivity contribution in [1.82, 2.24) is 5.32 Å². The van der Waals surface area contributed by atoms with Gasteiger partial charge in [-0.1, -0.05) is 29.8 Å². The van der Waals surface area contributed by atoms with E-state index in [2.05, 4.69) is 36.5 Å². The fraction of sp³-hybridized carbons (Fsp3) is 0.381. The Morgan fingerprint density at radius 1 is 1.00 bits per heavy atom. The number of aryl methyl sites for hydroxylation is 2. The number of hydrogen-bond acceptors (Lipinski definition) is 3. The first-order valence-corrected chi connectivity index (χ1v) is 10.9. The van der Waals surface area contributed by atoms with E-state index in [4.69, 9.17) is 0 Å². The van der Waals surface area contributed by atoms with Gasteiger partial charge < -0.3 is 5.32 Å². The molecule has 146 valence electrons. The van der Waals surface area contributed by atoms with Gasteiger partial charge in [-0.2, -0.15) is 0 Å². The summed E-state index contributed by atoms with van der Waals surface area (Å²) in [5, 5.41) is 2.91. The minimum Gasteiger partial charge on any atom is -0.352 e. The molecule has 6 heteroatoms. The van der Waals surface area contributed by atoms with Gasteiger partial charge in [-0.05, 0) is 63.4 Å². The summed E-state index contributed by atoms with van der Waals surface area (Å²) < 4.78 is 25.6. The molecular weight excluding hydrogens is 360 g/mol. The van der Waals surface area contributed by atoms with E-state index in [0.29, 0.717) is 24.3 Å². The van der Waals surface area contributed by atoms with Crippen LogP contribution < -0.4 is 9.62 Å². The first kappa shape index (κ1) is 21.0. The molecule has 0 aliphatic rings. The highest BCUT2D eigenvalue weighted by atomic mass is 32.2. The molecular formula is C21H28N2O3S. The lowest BCUT2D eigenvalue weighted by Gasteiger charge is -2.22. The van der Waals surface area contributed by atoms with Gasteiger partial charge in [0.25, 0.3) is 5.91 Å². The lowest BCUT2D eigenvalue weighted by atomic mass is 10.1. The van der Waals surface area contributed by atoms with E-state index in [1.165, 1.54) is 15.4 Å². The molecule has 0 aromatic heterocycles. The molecule has 0 spiro atoms. The maximum Gasteiger partial charge on any atom is 0.251 e. The second kappa shape index (κ2) is 9.55. The van der Waals surface area contributed by atoms with E-state index >= 15 is 0 Å². The van der Waals surface area contributed by atoms with Gasteiger partial charge in [0, 0.05) is 18.7 Å².